The van der Waals surface area contributed by atoms with Crippen LogP contribution in [0.1, 0.15) is 25.3 Å². The van der Waals surface area contributed by atoms with E-state index in [4.69, 9.17) is 0 Å². The van der Waals surface area contributed by atoms with Crippen LogP contribution in [-0.2, 0) is 6.42 Å². The van der Waals surface area contributed by atoms with E-state index in [9.17, 15) is 5.11 Å². The van der Waals surface area contributed by atoms with E-state index in [0.717, 1.165) is 19.3 Å². The van der Waals surface area contributed by atoms with Crippen molar-refractivity contribution in [2.75, 3.05) is 0 Å². The van der Waals surface area contributed by atoms with E-state index in [-0.39, 0.29) is 6.10 Å². The highest BCUT2D eigenvalue weighted by atomic mass is 16.3. The second kappa shape index (κ2) is 5.13. The highest BCUT2D eigenvalue weighted by Crippen LogP contribution is 2.20. The molecular weight excluding hydrogens is 196 g/mol. The molecule has 16 heavy (non-hydrogen) atoms. The molecule has 0 aliphatic heterocycles. The van der Waals surface area contributed by atoms with Gasteiger partial charge in [-0.1, -0.05) is 55.8 Å². The summed E-state index contributed by atoms with van der Waals surface area (Å²) in [6.45, 7) is 2.10. The Morgan fingerprint density at radius 2 is 1.81 bits per heavy atom. The molecule has 2 aromatic carbocycles. The standard InChI is InChI=1S/C15H18O/c1-2-6-14(16)11-13-9-5-8-12-7-3-4-10-15(12)13/h3-5,7-10,14,16H,2,6,11H2,1H3. The summed E-state index contributed by atoms with van der Waals surface area (Å²) in [4.78, 5) is 0. The Balaban J connectivity index is 2.30. The number of rotatable bonds is 4. The molecule has 2 aromatic rings. The molecule has 0 fully saturated rings. The van der Waals surface area contributed by atoms with Crippen molar-refractivity contribution in [1.29, 1.82) is 0 Å². The van der Waals surface area contributed by atoms with Gasteiger partial charge in [0.1, 0.15) is 0 Å². The highest BCUT2D eigenvalue weighted by molar-refractivity contribution is 5.85. The Hall–Kier alpha value is -1.34. The summed E-state index contributed by atoms with van der Waals surface area (Å²) in [5, 5.41) is 12.4. The molecule has 2 rings (SSSR count). The summed E-state index contributed by atoms with van der Waals surface area (Å²) >= 11 is 0. The first kappa shape index (κ1) is 11.2. The van der Waals surface area contributed by atoms with Gasteiger partial charge in [0.15, 0.2) is 0 Å². The van der Waals surface area contributed by atoms with Crippen LogP contribution in [0.2, 0.25) is 0 Å². The number of hydrogen-bond acceptors (Lipinski definition) is 1. The van der Waals surface area contributed by atoms with Crippen LogP contribution in [0.4, 0.5) is 0 Å². The normalized spacial score (nSPS) is 12.9. The molecule has 0 aliphatic rings. The molecule has 84 valence electrons. The first-order chi connectivity index (χ1) is 7.81. The summed E-state index contributed by atoms with van der Waals surface area (Å²) in [5.41, 5.74) is 1.25. The lowest BCUT2D eigenvalue weighted by molar-refractivity contribution is 0.164. The molecule has 0 amide bonds. The van der Waals surface area contributed by atoms with Gasteiger partial charge in [-0.25, -0.2) is 0 Å². The largest absolute Gasteiger partial charge is 0.393 e. The lowest BCUT2D eigenvalue weighted by Crippen LogP contribution is -2.09. The molecule has 0 spiro atoms. The lowest BCUT2D eigenvalue weighted by atomic mass is 9.98. The number of hydrogen-bond donors (Lipinski definition) is 1. The molecule has 0 saturated heterocycles. The second-order valence-corrected chi connectivity index (χ2v) is 4.28. The van der Waals surface area contributed by atoms with Crippen LogP contribution in [0.25, 0.3) is 10.8 Å². The van der Waals surface area contributed by atoms with E-state index in [1.165, 1.54) is 16.3 Å². The molecule has 0 aromatic heterocycles. The van der Waals surface area contributed by atoms with Crippen molar-refractivity contribution in [1.82, 2.24) is 0 Å². The summed E-state index contributed by atoms with van der Waals surface area (Å²) in [6.07, 6.45) is 2.46. The molecule has 0 aliphatic carbocycles. The summed E-state index contributed by atoms with van der Waals surface area (Å²) < 4.78 is 0. The van der Waals surface area contributed by atoms with Crippen LogP contribution >= 0.6 is 0 Å². The molecule has 1 nitrogen and oxygen atoms in total. The summed E-state index contributed by atoms with van der Waals surface area (Å²) in [5.74, 6) is 0. The third-order valence-corrected chi connectivity index (χ3v) is 2.96. The Morgan fingerprint density at radius 3 is 2.62 bits per heavy atom. The second-order valence-electron chi connectivity index (χ2n) is 4.28. The Morgan fingerprint density at radius 1 is 1.06 bits per heavy atom. The van der Waals surface area contributed by atoms with Gasteiger partial charge in [0.2, 0.25) is 0 Å². The first-order valence-electron chi connectivity index (χ1n) is 5.96. The molecule has 0 saturated carbocycles. The molecule has 1 atom stereocenters. The fourth-order valence-electron chi connectivity index (χ4n) is 2.16. The van der Waals surface area contributed by atoms with Crippen LogP contribution in [0.3, 0.4) is 0 Å². The van der Waals surface area contributed by atoms with Gasteiger partial charge in [-0.3, -0.25) is 0 Å². The minimum atomic E-state index is -0.212. The average molecular weight is 214 g/mol. The molecule has 0 heterocycles. The van der Waals surface area contributed by atoms with Gasteiger partial charge < -0.3 is 5.11 Å². The van der Waals surface area contributed by atoms with E-state index in [1.54, 1.807) is 0 Å². The maximum absolute atomic E-state index is 9.86. The molecule has 1 N–H and O–H groups in total. The van der Waals surface area contributed by atoms with Gasteiger partial charge >= 0.3 is 0 Å². The Bertz CT molecular complexity index is 456. The van der Waals surface area contributed by atoms with Crippen molar-refractivity contribution >= 4 is 10.8 Å². The third-order valence-electron chi connectivity index (χ3n) is 2.96. The zero-order chi connectivity index (χ0) is 11.4. The number of benzene rings is 2. The smallest absolute Gasteiger partial charge is 0.0580 e. The molecule has 1 unspecified atom stereocenters. The molecule has 0 radical (unpaired) electrons. The average Bonchev–Trinajstić information content (AvgIpc) is 2.30. The SMILES string of the molecule is CCCC(O)Cc1cccc2ccccc12. The van der Waals surface area contributed by atoms with Gasteiger partial charge in [-0.15, -0.1) is 0 Å². The fraction of sp³-hybridized carbons (Fsp3) is 0.333. The van der Waals surface area contributed by atoms with Gasteiger partial charge in [0.05, 0.1) is 6.10 Å². The maximum atomic E-state index is 9.86. The van der Waals surface area contributed by atoms with Crippen LogP contribution in [0.5, 0.6) is 0 Å². The minimum absolute atomic E-state index is 0.212. The topological polar surface area (TPSA) is 20.2 Å². The van der Waals surface area contributed by atoms with E-state index in [2.05, 4.69) is 49.4 Å². The zero-order valence-corrected chi connectivity index (χ0v) is 9.69. The predicted octanol–water partition coefficient (Wildman–Crippen LogP) is 3.54. The lowest BCUT2D eigenvalue weighted by Gasteiger charge is -2.11. The fourth-order valence-corrected chi connectivity index (χ4v) is 2.16. The highest BCUT2D eigenvalue weighted by Gasteiger charge is 2.06. The van der Waals surface area contributed by atoms with E-state index in [0.29, 0.717) is 0 Å². The van der Waals surface area contributed by atoms with Crippen molar-refractivity contribution in [3.8, 4) is 0 Å². The van der Waals surface area contributed by atoms with Gasteiger partial charge in [0.25, 0.3) is 0 Å². The van der Waals surface area contributed by atoms with Gasteiger partial charge in [-0.2, -0.15) is 0 Å². The summed E-state index contributed by atoms with van der Waals surface area (Å²) in [7, 11) is 0. The van der Waals surface area contributed by atoms with E-state index in [1.807, 2.05) is 0 Å². The van der Waals surface area contributed by atoms with Crippen LogP contribution in [-0.4, -0.2) is 11.2 Å². The number of aliphatic hydroxyl groups excluding tert-OH is 1. The van der Waals surface area contributed by atoms with E-state index >= 15 is 0 Å². The summed E-state index contributed by atoms with van der Waals surface area (Å²) in [6, 6.07) is 14.6. The first-order valence-corrected chi connectivity index (χ1v) is 5.96. The molecule has 1 heteroatoms. The third kappa shape index (κ3) is 2.42. The van der Waals surface area contributed by atoms with Crippen LogP contribution < -0.4 is 0 Å². The van der Waals surface area contributed by atoms with Gasteiger partial charge in [0, 0.05) is 0 Å². The van der Waals surface area contributed by atoms with Gasteiger partial charge in [-0.05, 0) is 29.2 Å². The predicted molar refractivity (Wildman–Crippen MR) is 68.6 cm³/mol. The quantitative estimate of drug-likeness (QED) is 0.825. The van der Waals surface area contributed by atoms with E-state index < -0.39 is 0 Å². The van der Waals surface area contributed by atoms with Crippen molar-refractivity contribution in [2.24, 2.45) is 0 Å². The number of aliphatic hydroxyl groups is 1. The maximum Gasteiger partial charge on any atom is 0.0580 e. The monoisotopic (exact) mass is 214 g/mol. The van der Waals surface area contributed by atoms with Crippen LogP contribution in [0, 0.1) is 0 Å². The van der Waals surface area contributed by atoms with Crippen molar-refractivity contribution in [2.45, 2.75) is 32.3 Å². The molecule has 0 bridgehead atoms. The zero-order valence-electron chi connectivity index (χ0n) is 9.69. The Labute approximate surface area is 96.7 Å². The van der Waals surface area contributed by atoms with Crippen molar-refractivity contribution in [3.63, 3.8) is 0 Å². The van der Waals surface area contributed by atoms with Crippen LogP contribution in [0.15, 0.2) is 42.5 Å². The van der Waals surface area contributed by atoms with Crippen molar-refractivity contribution < 1.29 is 5.11 Å². The minimum Gasteiger partial charge on any atom is -0.393 e. The Kier molecular flexibility index (Phi) is 3.58. The number of fused-ring (bicyclic) bond motifs is 1. The molecular formula is C15H18O. The van der Waals surface area contributed by atoms with Crippen molar-refractivity contribution in [3.05, 3.63) is 48.0 Å².